The van der Waals surface area contributed by atoms with Gasteiger partial charge in [0.1, 0.15) is 6.33 Å². The monoisotopic (exact) mass is 569 g/mol. The fourth-order valence-electron chi connectivity index (χ4n) is 3.81. The highest BCUT2D eigenvalue weighted by Crippen LogP contribution is 2.26. The van der Waals surface area contributed by atoms with E-state index in [1.807, 2.05) is 30.5 Å². The third-order valence-electron chi connectivity index (χ3n) is 5.84. The first kappa shape index (κ1) is 27.0. The van der Waals surface area contributed by atoms with Gasteiger partial charge in [0.15, 0.2) is 0 Å². The normalized spacial score (nSPS) is 13.5. The maximum absolute atomic E-state index is 10.6. The smallest absolute Gasteiger partial charge is 0.475 e. The van der Waals surface area contributed by atoms with Crippen LogP contribution in [-0.2, 0) is 9.53 Å². The highest BCUT2D eigenvalue weighted by Gasteiger charge is 2.38. The molecule has 0 aliphatic carbocycles. The number of ether oxygens (including phenoxy) is 1. The summed E-state index contributed by atoms with van der Waals surface area (Å²) in [5.74, 6) is -1.47. The molecule has 14 heteroatoms. The number of nitrogens with one attached hydrogen (secondary N) is 1. The molecule has 40 heavy (non-hydrogen) atoms. The van der Waals surface area contributed by atoms with Crippen molar-refractivity contribution in [1.29, 1.82) is 0 Å². The third kappa shape index (κ3) is 6.52. The minimum absolute atomic E-state index is 0.563. The number of carboxylic acid groups (broad SMARTS) is 1. The predicted molar refractivity (Wildman–Crippen MR) is 144 cm³/mol. The number of carboxylic acids is 1. The van der Waals surface area contributed by atoms with Gasteiger partial charge < -0.3 is 20.1 Å². The molecular weight excluding hydrogens is 547 g/mol. The number of nitrogens with zero attached hydrogens (tertiary/aromatic N) is 6. The second-order valence-electron chi connectivity index (χ2n) is 8.54. The lowest BCUT2D eigenvalue weighted by molar-refractivity contribution is -0.192. The standard InChI is InChI=1S/C24H21N7OS.C2HF3O2/c1-2-18-14-25-23(28-22(18)13-17(1)19-7-12-33-15-19)27-20-3-5-21(6-4-20)31-16-26-24(29-31)30-8-10-32-11-9-30;3-2(4,5)1(6)7/h1-7,12-16H,8-11H2,(H,25,27,28);(H,6,7). The molecule has 0 radical (unpaired) electrons. The Labute approximate surface area is 229 Å². The van der Waals surface area contributed by atoms with Crippen LogP contribution in [0, 0.1) is 0 Å². The van der Waals surface area contributed by atoms with Crippen LogP contribution in [0.4, 0.5) is 30.8 Å². The fraction of sp³-hybridized carbons (Fsp3) is 0.192. The van der Waals surface area contributed by atoms with Gasteiger partial charge in [-0.2, -0.15) is 29.5 Å². The van der Waals surface area contributed by atoms with Crippen LogP contribution >= 0.6 is 11.3 Å². The molecule has 1 fully saturated rings. The Hall–Kier alpha value is -4.56. The largest absolute Gasteiger partial charge is 0.490 e. The number of morpholine rings is 1. The van der Waals surface area contributed by atoms with Crippen LogP contribution in [0.15, 0.2) is 71.8 Å². The van der Waals surface area contributed by atoms with Crippen molar-refractivity contribution < 1.29 is 27.8 Å². The van der Waals surface area contributed by atoms with Gasteiger partial charge in [-0.25, -0.2) is 19.4 Å². The second kappa shape index (κ2) is 11.7. The van der Waals surface area contributed by atoms with Crippen LogP contribution < -0.4 is 10.2 Å². The van der Waals surface area contributed by atoms with E-state index in [-0.39, 0.29) is 0 Å². The zero-order valence-electron chi connectivity index (χ0n) is 20.7. The van der Waals surface area contributed by atoms with Gasteiger partial charge in [-0.1, -0.05) is 12.1 Å². The summed E-state index contributed by atoms with van der Waals surface area (Å²) in [6.45, 7) is 3.04. The number of benzene rings is 2. The number of alkyl halides is 3. The number of carbonyl (C=O) groups is 1. The molecule has 1 aliphatic rings. The third-order valence-corrected chi connectivity index (χ3v) is 6.52. The first-order valence-electron chi connectivity index (χ1n) is 12.0. The summed E-state index contributed by atoms with van der Waals surface area (Å²) < 4.78 is 38.9. The molecule has 0 unspecified atom stereocenters. The summed E-state index contributed by atoms with van der Waals surface area (Å²) in [6.07, 6.45) is -1.50. The van der Waals surface area contributed by atoms with E-state index in [4.69, 9.17) is 19.6 Å². The Kier molecular flexibility index (Phi) is 7.89. The minimum Gasteiger partial charge on any atom is -0.475 e. The lowest BCUT2D eigenvalue weighted by atomic mass is 10.1. The van der Waals surface area contributed by atoms with Gasteiger partial charge in [-0.3, -0.25) is 0 Å². The van der Waals surface area contributed by atoms with Crippen LogP contribution in [0.25, 0.3) is 27.7 Å². The van der Waals surface area contributed by atoms with Gasteiger partial charge >= 0.3 is 12.1 Å². The van der Waals surface area contributed by atoms with E-state index in [0.29, 0.717) is 19.2 Å². The minimum atomic E-state index is -5.08. The fourth-order valence-corrected chi connectivity index (χ4v) is 4.47. The van der Waals surface area contributed by atoms with Gasteiger partial charge in [0.25, 0.3) is 0 Å². The lowest BCUT2D eigenvalue weighted by Gasteiger charge is -2.25. The Morgan fingerprint density at radius 1 is 1.02 bits per heavy atom. The second-order valence-corrected chi connectivity index (χ2v) is 9.32. The lowest BCUT2D eigenvalue weighted by Crippen LogP contribution is -2.37. The molecule has 206 valence electrons. The molecule has 4 heterocycles. The van der Waals surface area contributed by atoms with Crippen molar-refractivity contribution in [2.24, 2.45) is 0 Å². The number of anilines is 3. The van der Waals surface area contributed by atoms with Gasteiger partial charge in [0.2, 0.25) is 11.9 Å². The summed E-state index contributed by atoms with van der Waals surface area (Å²) in [4.78, 5) is 24.7. The van der Waals surface area contributed by atoms with Crippen molar-refractivity contribution in [3.8, 4) is 16.8 Å². The highest BCUT2D eigenvalue weighted by atomic mass is 32.1. The molecule has 10 nitrogen and oxygen atoms in total. The average Bonchev–Trinajstić information content (AvgIpc) is 3.67. The topological polar surface area (TPSA) is 118 Å². The summed E-state index contributed by atoms with van der Waals surface area (Å²) in [5.41, 5.74) is 5.11. The van der Waals surface area contributed by atoms with Crippen molar-refractivity contribution in [1.82, 2.24) is 24.7 Å². The van der Waals surface area contributed by atoms with Crippen LogP contribution in [0.5, 0.6) is 0 Å². The molecule has 2 N–H and O–H groups in total. The number of hydrogen-bond donors (Lipinski definition) is 2. The van der Waals surface area contributed by atoms with E-state index in [1.54, 1.807) is 22.3 Å². The van der Waals surface area contributed by atoms with Gasteiger partial charge in [-0.05, 0) is 58.3 Å². The zero-order chi connectivity index (χ0) is 28.1. The molecule has 0 saturated carbocycles. The van der Waals surface area contributed by atoms with Gasteiger partial charge in [0, 0.05) is 30.4 Å². The summed E-state index contributed by atoms with van der Waals surface area (Å²) in [5, 5.41) is 20.3. The number of halogens is 3. The van der Waals surface area contributed by atoms with E-state index >= 15 is 0 Å². The quantitative estimate of drug-likeness (QED) is 0.296. The summed E-state index contributed by atoms with van der Waals surface area (Å²) >= 11 is 1.69. The number of rotatable bonds is 5. The molecular formula is C26H22F3N7O3S. The predicted octanol–water partition coefficient (Wildman–Crippen LogP) is 5.15. The van der Waals surface area contributed by atoms with Crippen molar-refractivity contribution >= 4 is 45.8 Å². The average molecular weight is 570 g/mol. The highest BCUT2D eigenvalue weighted by molar-refractivity contribution is 7.08. The van der Waals surface area contributed by atoms with Crippen molar-refractivity contribution in [3.63, 3.8) is 0 Å². The van der Waals surface area contributed by atoms with Crippen LogP contribution in [0.2, 0.25) is 0 Å². The first-order chi connectivity index (χ1) is 19.3. The zero-order valence-corrected chi connectivity index (χ0v) is 21.6. The number of fused-ring (bicyclic) bond motifs is 1. The molecule has 6 rings (SSSR count). The SMILES string of the molecule is O=C(O)C(F)(F)F.c1cc(-c2ccc3cnc(Nc4ccc(-n5cnc(N6CCOCC6)n5)cc4)nc3c2)cs1. The van der Waals surface area contributed by atoms with Crippen molar-refractivity contribution in [3.05, 3.63) is 71.8 Å². The Bertz CT molecular complexity index is 1590. The first-order valence-corrected chi connectivity index (χ1v) is 12.9. The van der Waals surface area contributed by atoms with Gasteiger partial charge in [-0.15, -0.1) is 5.10 Å². The van der Waals surface area contributed by atoms with E-state index in [1.165, 1.54) is 5.56 Å². The molecule has 1 saturated heterocycles. The number of thiophene rings is 1. The van der Waals surface area contributed by atoms with Crippen LogP contribution in [0.1, 0.15) is 0 Å². The van der Waals surface area contributed by atoms with Crippen molar-refractivity contribution in [2.75, 3.05) is 36.5 Å². The molecule has 1 aliphatic heterocycles. The van der Waals surface area contributed by atoms with Gasteiger partial charge in [0.05, 0.1) is 24.4 Å². The van der Waals surface area contributed by atoms with E-state index < -0.39 is 12.1 Å². The van der Waals surface area contributed by atoms with Crippen molar-refractivity contribution in [2.45, 2.75) is 6.18 Å². The van der Waals surface area contributed by atoms with Crippen LogP contribution in [0.3, 0.4) is 0 Å². The Morgan fingerprint density at radius 3 is 2.45 bits per heavy atom. The summed E-state index contributed by atoms with van der Waals surface area (Å²) in [6, 6.07) is 16.3. The maximum Gasteiger partial charge on any atom is 0.490 e. The molecule has 0 bridgehead atoms. The van der Waals surface area contributed by atoms with E-state index in [9.17, 15) is 13.2 Å². The number of hydrogen-bond acceptors (Lipinski definition) is 9. The molecule has 3 aromatic heterocycles. The summed E-state index contributed by atoms with van der Waals surface area (Å²) in [7, 11) is 0. The maximum atomic E-state index is 10.6. The van der Waals surface area contributed by atoms with E-state index in [0.717, 1.165) is 46.9 Å². The molecule has 2 aromatic carbocycles. The molecule has 5 aromatic rings. The van der Waals surface area contributed by atoms with E-state index in [2.05, 4.69) is 60.3 Å². The van der Waals surface area contributed by atoms with Crippen LogP contribution in [-0.4, -0.2) is 68.3 Å². The molecule has 0 spiro atoms. The Morgan fingerprint density at radius 2 is 1.77 bits per heavy atom. The molecule has 0 amide bonds. The molecule has 0 atom stereocenters. The number of aromatic nitrogens is 5. The number of aliphatic carboxylic acids is 1. The Balaban J connectivity index is 0.000000411.